The lowest BCUT2D eigenvalue weighted by Gasteiger charge is -2.19. The van der Waals surface area contributed by atoms with E-state index in [2.05, 4.69) is 38.5 Å². The van der Waals surface area contributed by atoms with Crippen molar-refractivity contribution in [2.45, 2.75) is 31.2 Å². The van der Waals surface area contributed by atoms with Crippen molar-refractivity contribution in [3.05, 3.63) is 48.2 Å². The van der Waals surface area contributed by atoms with E-state index in [4.69, 9.17) is 4.74 Å². The van der Waals surface area contributed by atoms with E-state index in [1.165, 1.54) is 24.1 Å². The Morgan fingerprint density at radius 3 is 2.82 bits per heavy atom. The maximum Gasteiger partial charge on any atom is 0.129 e. The average molecular weight is 296 g/mol. The molecular formula is C17H20N4O. The van der Waals surface area contributed by atoms with Gasteiger partial charge in [0.05, 0.1) is 19.3 Å². The Kier molecular flexibility index (Phi) is 3.72. The van der Waals surface area contributed by atoms with E-state index >= 15 is 0 Å². The number of rotatable bonds is 5. The molecule has 4 rings (SSSR count). The van der Waals surface area contributed by atoms with Crippen LogP contribution in [0.4, 0.5) is 5.82 Å². The highest BCUT2D eigenvalue weighted by atomic mass is 16.5. The lowest BCUT2D eigenvalue weighted by Crippen LogP contribution is -2.29. The molecule has 0 unspecified atom stereocenters. The molecule has 0 bridgehead atoms. The van der Waals surface area contributed by atoms with Crippen molar-refractivity contribution in [1.29, 1.82) is 0 Å². The third-order valence-corrected chi connectivity index (χ3v) is 4.46. The van der Waals surface area contributed by atoms with Crippen LogP contribution in [-0.2, 0) is 11.2 Å². The first-order valence-corrected chi connectivity index (χ1v) is 7.93. The van der Waals surface area contributed by atoms with Crippen molar-refractivity contribution in [1.82, 2.24) is 15.0 Å². The van der Waals surface area contributed by atoms with Crippen LogP contribution in [0.5, 0.6) is 0 Å². The average Bonchev–Trinajstić information content (AvgIpc) is 3.32. The summed E-state index contributed by atoms with van der Waals surface area (Å²) in [6.45, 7) is 1.53. The predicted molar refractivity (Wildman–Crippen MR) is 83.7 cm³/mol. The fraction of sp³-hybridized carbons (Fsp3) is 0.471. The van der Waals surface area contributed by atoms with Crippen LogP contribution in [0.2, 0.25) is 0 Å². The normalized spacial score (nSPS) is 24.4. The Labute approximate surface area is 130 Å². The van der Waals surface area contributed by atoms with Gasteiger partial charge in [-0.3, -0.25) is 4.98 Å². The fourth-order valence-corrected chi connectivity index (χ4v) is 3.02. The molecule has 2 aliphatic rings. The quantitative estimate of drug-likeness (QED) is 0.918. The molecule has 1 aliphatic carbocycles. The van der Waals surface area contributed by atoms with Crippen LogP contribution in [0.1, 0.15) is 30.0 Å². The van der Waals surface area contributed by atoms with E-state index in [-0.39, 0.29) is 0 Å². The second kappa shape index (κ2) is 6.01. The number of nitrogens with one attached hydrogen (secondary N) is 1. The third-order valence-electron chi connectivity index (χ3n) is 4.46. The van der Waals surface area contributed by atoms with Gasteiger partial charge >= 0.3 is 0 Å². The zero-order valence-corrected chi connectivity index (χ0v) is 12.5. The maximum atomic E-state index is 5.68. The van der Waals surface area contributed by atoms with E-state index in [1.54, 1.807) is 6.33 Å². The van der Waals surface area contributed by atoms with Crippen LogP contribution >= 0.6 is 0 Å². The molecule has 0 radical (unpaired) electrons. The maximum absolute atomic E-state index is 5.68. The van der Waals surface area contributed by atoms with E-state index in [0.29, 0.717) is 17.9 Å². The molecule has 2 atom stereocenters. The molecule has 0 amide bonds. The molecule has 2 aromatic heterocycles. The first-order valence-electron chi connectivity index (χ1n) is 7.93. The molecule has 0 aromatic carbocycles. The summed E-state index contributed by atoms with van der Waals surface area (Å²) in [7, 11) is 0. The number of anilines is 1. The molecule has 2 fully saturated rings. The smallest absolute Gasteiger partial charge is 0.129 e. The van der Waals surface area contributed by atoms with Crippen LogP contribution in [0.15, 0.2) is 36.9 Å². The molecule has 3 heterocycles. The summed E-state index contributed by atoms with van der Waals surface area (Å²) in [5, 5.41) is 3.54. The van der Waals surface area contributed by atoms with Crippen molar-refractivity contribution in [2.24, 2.45) is 5.92 Å². The largest absolute Gasteiger partial charge is 0.379 e. The van der Waals surface area contributed by atoms with Crippen LogP contribution in [0.25, 0.3) is 0 Å². The SMILES string of the molecule is c1cc(C[C@@H]2COC[C@H]2Nc2cc(C3CC3)ncn2)ccn1. The standard InChI is InChI=1S/C17H20N4O/c1-2-13(1)15-8-17(20-11-19-15)21-16-10-22-9-14(16)7-12-3-5-18-6-4-12/h3-6,8,11,13-14,16H,1-2,7,9-10H2,(H,19,20,21)/t14-,16-/m1/s1. The van der Waals surface area contributed by atoms with E-state index in [1.807, 2.05) is 12.4 Å². The van der Waals surface area contributed by atoms with Gasteiger partial charge in [0.1, 0.15) is 12.1 Å². The number of aromatic nitrogens is 3. The molecule has 1 N–H and O–H groups in total. The minimum atomic E-state index is 0.301. The Morgan fingerprint density at radius 1 is 1.14 bits per heavy atom. The van der Waals surface area contributed by atoms with E-state index < -0.39 is 0 Å². The number of hydrogen-bond donors (Lipinski definition) is 1. The number of nitrogens with zero attached hydrogens (tertiary/aromatic N) is 3. The van der Waals surface area contributed by atoms with E-state index in [9.17, 15) is 0 Å². The summed E-state index contributed by atoms with van der Waals surface area (Å²) in [6.07, 6.45) is 8.88. The number of pyridine rings is 1. The topological polar surface area (TPSA) is 59.9 Å². The van der Waals surface area contributed by atoms with Gasteiger partial charge < -0.3 is 10.1 Å². The first-order chi connectivity index (χ1) is 10.9. The molecule has 1 saturated heterocycles. The minimum absolute atomic E-state index is 0.301. The van der Waals surface area contributed by atoms with Gasteiger partial charge in [0.2, 0.25) is 0 Å². The van der Waals surface area contributed by atoms with Gasteiger partial charge in [-0.15, -0.1) is 0 Å². The molecule has 5 heteroatoms. The highest BCUT2D eigenvalue weighted by Crippen LogP contribution is 2.39. The Bertz CT molecular complexity index is 630. The molecular weight excluding hydrogens is 276 g/mol. The van der Waals surface area contributed by atoms with Crippen molar-refractivity contribution >= 4 is 5.82 Å². The lowest BCUT2D eigenvalue weighted by molar-refractivity contribution is 0.185. The highest BCUT2D eigenvalue weighted by molar-refractivity contribution is 5.38. The van der Waals surface area contributed by atoms with Gasteiger partial charge in [0.15, 0.2) is 0 Å². The van der Waals surface area contributed by atoms with Gasteiger partial charge in [-0.2, -0.15) is 0 Å². The van der Waals surface area contributed by atoms with Gasteiger partial charge in [0.25, 0.3) is 0 Å². The van der Waals surface area contributed by atoms with E-state index in [0.717, 1.165) is 25.5 Å². The van der Waals surface area contributed by atoms with Crippen LogP contribution in [0, 0.1) is 5.92 Å². The van der Waals surface area contributed by atoms with Gasteiger partial charge in [-0.1, -0.05) is 0 Å². The lowest BCUT2D eigenvalue weighted by atomic mass is 9.95. The van der Waals surface area contributed by atoms with Gasteiger partial charge in [-0.25, -0.2) is 9.97 Å². The Morgan fingerprint density at radius 2 is 2.00 bits per heavy atom. The Hall–Kier alpha value is -2.01. The number of ether oxygens (including phenoxy) is 1. The second-order valence-electron chi connectivity index (χ2n) is 6.21. The Balaban J connectivity index is 1.43. The molecule has 1 aliphatic heterocycles. The molecule has 0 spiro atoms. The van der Waals surface area contributed by atoms with Crippen molar-refractivity contribution in [2.75, 3.05) is 18.5 Å². The second-order valence-corrected chi connectivity index (χ2v) is 6.21. The first kappa shape index (κ1) is 13.6. The molecule has 114 valence electrons. The zero-order valence-electron chi connectivity index (χ0n) is 12.5. The monoisotopic (exact) mass is 296 g/mol. The van der Waals surface area contributed by atoms with Gasteiger partial charge in [-0.05, 0) is 37.0 Å². The summed E-state index contributed by atoms with van der Waals surface area (Å²) >= 11 is 0. The van der Waals surface area contributed by atoms with Crippen LogP contribution in [-0.4, -0.2) is 34.2 Å². The number of hydrogen-bond acceptors (Lipinski definition) is 5. The summed E-state index contributed by atoms with van der Waals surface area (Å²) in [5.41, 5.74) is 2.47. The molecule has 22 heavy (non-hydrogen) atoms. The fourth-order valence-electron chi connectivity index (χ4n) is 3.02. The van der Waals surface area contributed by atoms with Crippen molar-refractivity contribution in [3.8, 4) is 0 Å². The summed E-state index contributed by atoms with van der Waals surface area (Å²) < 4.78 is 5.68. The molecule has 1 saturated carbocycles. The molecule has 5 nitrogen and oxygen atoms in total. The van der Waals surface area contributed by atoms with Crippen LogP contribution in [0.3, 0.4) is 0 Å². The minimum Gasteiger partial charge on any atom is -0.379 e. The predicted octanol–water partition coefficient (Wildman–Crippen LogP) is 2.42. The van der Waals surface area contributed by atoms with Crippen LogP contribution < -0.4 is 5.32 Å². The summed E-state index contributed by atoms with van der Waals surface area (Å²) in [4.78, 5) is 12.8. The highest BCUT2D eigenvalue weighted by Gasteiger charge is 2.29. The third kappa shape index (κ3) is 3.09. The summed E-state index contributed by atoms with van der Waals surface area (Å²) in [5.74, 6) is 2.03. The van der Waals surface area contributed by atoms with Gasteiger partial charge in [0, 0.05) is 36.0 Å². The molecule has 2 aromatic rings. The van der Waals surface area contributed by atoms with Crippen molar-refractivity contribution < 1.29 is 4.74 Å². The zero-order chi connectivity index (χ0) is 14.8. The van der Waals surface area contributed by atoms with Crippen molar-refractivity contribution in [3.63, 3.8) is 0 Å². The summed E-state index contributed by atoms with van der Waals surface area (Å²) in [6, 6.07) is 6.55.